The zero-order chi connectivity index (χ0) is 10.9. The summed E-state index contributed by atoms with van der Waals surface area (Å²) in [5.74, 6) is 0. The summed E-state index contributed by atoms with van der Waals surface area (Å²) in [6, 6.07) is 6.00. The van der Waals surface area contributed by atoms with Crippen molar-refractivity contribution < 1.29 is 7.37 Å². The van der Waals surface area contributed by atoms with Gasteiger partial charge in [-0.25, -0.2) is 0 Å². The number of aryl methyl sites for hydroxylation is 2. The summed E-state index contributed by atoms with van der Waals surface area (Å²) < 4.78 is 20.0. The molecule has 0 saturated heterocycles. The van der Waals surface area contributed by atoms with Crippen molar-refractivity contribution in [3.8, 4) is 0 Å². The molecule has 0 amide bonds. The molecule has 0 aliphatic heterocycles. The first-order valence-electron chi connectivity index (χ1n) is 4.93. The average Bonchev–Trinajstić information content (AvgIpc) is 2.18. The van der Waals surface area contributed by atoms with Crippen LogP contribution in [-0.4, -0.2) is 0 Å². The monoisotopic (exact) mass is 151 g/mol. The van der Waals surface area contributed by atoms with Crippen LogP contribution in [0.1, 0.15) is 18.5 Å². The van der Waals surface area contributed by atoms with Crippen molar-refractivity contribution >= 4 is 11.6 Å². The summed E-state index contributed by atoms with van der Waals surface area (Å²) in [5.41, 5.74) is 2.41. The second-order valence-corrected chi connectivity index (χ2v) is 2.66. The molecule has 0 unspecified atom stereocenters. The number of halogens is 1. The van der Waals surface area contributed by atoms with Crippen molar-refractivity contribution in [3.63, 3.8) is 0 Å². The summed E-state index contributed by atoms with van der Waals surface area (Å²) >= 11 is 5.78. The topological polar surface area (TPSA) is 0 Å². The maximum atomic E-state index is 5.78. The lowest BCUT2D eigenvalue weighted by Gasteiger charge is -1.96. The van der Waals surface area contributed by atoms with Gasteiger partial charge in [-0.2, -0.15) is 0 Å². The Morgan fingerprint density at radius 3 is 2.56 bits per heavy atom. The molecule has 0 aliphatic carbocycles. The van der Waals surface area contributed by atoms with E-state index in [0.29, 0.717) is 0 Å². The predicted molar refractivity (Wildman–Crippen MR) is 47.3 cm³/mol. The molecule has 1 heteroatoms. The molecule has 0 heterocycles. The molecule has 0 atom stereocenters. The van der Waals surface area contributed by atoms with Gasteiger partial charge in [0.05, 0.1) is 0 Å². The zero-order valence-electron chi connectivity index (χ0n) is 9.61. The van der Waals surface area contributed by atoms with Crippen LogP contribution in [0.25, 0.3) is 0 Å². The Hall–Kier alpha value is -0.490. The molecule has 0 bridgehead atoms. The van der Waals surface area contributed by atoms with Crippen molar-refractivity contribution in [1.82, 2.24) is 0 Å². The van der Waals surface area contributed by atoms with Crippen LogP contribution in [0.5, 0.6) is 0 Å². The molecule has 0 aliphatic rings. The van der Waals surface area contributed by atoms with Gasteiger partial charge in [0.2, 0.25) is 0 Å². The Morgan fingerprint density at radius 1 is 1.44 bits per heavy atom. The minimum atomic E-state index is 0. The van der Waals surface area contributed by atoms with Crippen LogP contribution in [0.15, 0.2) is 18.2 Å². The molecule has 1 rings (SSSR count). The zero-order valence-corrected chi connectivity index (χ0v) is 6.37. The SMILES string of the molecule is Cc1ccc(Cl)c(C)c1.[2HH].[2H][2H].[2H][2H]. The summed E-state index contributed by atoms with van der Waals surface area (Å²) in [5, 5.41) is 0.848. The molecule has 0 spiro atoms. The first kappa shape index (κ1) is 4.35. The van der Waals surface area contributed by atoms with Gasteiger partial charge in [-0.05, 0) is 25.5 Å². The van der Waals surface area contributed by atoms with Crippen molar-refractivity contribution in [3.05, 3.63) is 34.3 Å². The number of rotatable bonds is 0. The second-order valence-electron chi connectivity index (χ2n) is 2.25. The fourth-order valence-electron chi connectivity index (χ4n) is 0.795. The van der Waals surface area contributed by atoms with E-state index < -0.39 is 0 Å². The third-order valence-electron chi connectivity index (χ3n) is 1.31. The lowest BCUT2D eigenvalue weighted by molar-refractivity contribution is 1.39. The van der Waals surface area contributed by atoms with E-state index in [1.807, 2.05) is 19.1 Å². The maximum Gasteiger partial charge on any atom is 0.0435 e. The van der Waals surface area contributed by atoms with Crippen LogP contribution in [0, 0.1) is 13.8 Å². The summed E-state index contributed by atoms with van der Waals surface area (Å²) in [7, 11) is 0. The molecule has 9 heavy (non-hydrogen) atoms. The molecule has 0 nitrogen and oxygen atoms in total. The maximum absolute atomic E-state index is 5.78. The van der Waals surface area contributed by atoms with Gasteiger partial charge < -0.3 is 0 Å². The molecule has 54 valence electrons. The van der Waals surface area contributed by atoms with E-state index >= 15 is 0 Å². The molecule has 0 aromatic heterocycles. The molecule has 0 N–H and O–H groups in total. The van der Waals surface area contributed by atoms with Gasteiger partial charge in [0.25, 0.3) is 0 Å². The van der Waals surface area contributed by atoms with Crippen LogP contribution in [0.3, 0.4) is 0 Å². The van der Waals surface area contributed by atoms with Crippen LogP contribution < -0.4 is 0 Å². The normalized spacial score (nSPS) is 11.4. The van der Waals surface area contributed by atoms with Gasteiger partial charge >= 0.3 is 0 Å². The van der Waals surface area contributed by atoms with Crippen LogP contribution >= 0.6 is 11.6 Å². The molecular formula is C8H15Cl. The number of hydrogen-bond donors (Lipinski definition) is 0. The Kier molecular flexibility index (Phi) is 1.16. The van der Waals surface area contributed by atoms with Crippen molar-refractivity contribution in [2.24, 2.45) is 0 Å². The molecule has 0 saturated carbocycles. The standard InChI is InChI=1S/C8H9Cl.3H2/c1-6-3-4-8(9)7(2)5-6;;;/h3-5H,1-2H3;3*1H/i;2*1+1D;1+1. The minimum Gasteiger partial charge on any atom is -0.0841 e. The summed E-state index contributed by atoms with van der Waals surface area (Å²) in [6.07, 6.45) is 0. The predicted octanol–water partition coefficient (Wildman–Crippen LogP) is 3.69. The highest BCUT2D eigenvalue weighted by atomic mass is 35.5. The third-order valence-corrected chi connectivity index (χ3v) is 1.74. The molecular weight excluding hydrogens is 132 g/mol. The van der Waals surface area contributed by atoms with E-state index in [1.54, 1.807) is 0 Å². The number of benzene rings is 1. The highest BCUT2D eigenvalue weighted by molar-refractivity contribution is 6.31. The van der Waals surface area contributed by atoms with Gasteiger partial charge in [-0.3, -0.25) is 0 Å². The van der Waals surface area contributed by atoms with Gasteiger partial charge in [0, 0.05) is 12.4 Å². The van der Waals surface area contributed by atoms with Crippen LogP contribution in [0.2, 0.25) is 5.02 Å². The van der Waals surface area contributed by atoms with Crippen LogP contribution in [0.4, 0.5) is 0 Å². The lowest BCUT2D eigenvalue weighted by Crippen LogP contribution is -1.75. The first-order chi connectivity index (χ1) is 6.20. The van der Waals surface area contributed by atoms with E-state index in [0.717, 1.165) is 10.6 Å². The number of hydrogen-bond acceptors (Lipinski definition) is 0. The largest absolute Gasteiger partial charge is 0.0841 e. The van der Waals surface area contributed by atoms with Crippen molar-refractivity contribution in [2.45, 2.75) is 13.8 Å². The fraction of sp³-hybridized carbons (Fsp3) is 0.250. The highest BCUT2D eigenvalue weighted by Crippen LogP contribution is 2.14. The van der Waals surface area contributed by atoms with E-state index in [4.69, 9.17) is 17.5 Å². The Labute approximate surface area is 68.1 Å². The van der Waals surface area contributed by atoms with Gasteiger partial charge in [0.15, 0.2) is 0 Å². The second kappa shape index (κ2) is 2.40. The Balaban J connectivity index is -0.000000216. The summed E-state index contributed by atoms with van der Waals surface area (Å²) in [4.78, 5) is 0. The first-order valence-corrected chi connectivity index (χ1v) is 3.30. The minimum absolute atomic E-state index is 0. The third kappa shape index (κ3) is 1.46. The van der Waals surface area contributed by atoms with Gasteiger partial charge in [0.1, 0.15) is 0 Å². The highest BCUT2D eigenvalue weighted by Gasteiger charge is 1.91. The van der Waals surface area contributed by atoms with Gasteiger partial charge in [-0.1, -0.05) is 29.3 Å². The quantitative estimate of drug-likeness (QED) is 0.531. The molecule has 1 aromatic carbocycles. The van der Waals surface area contributed by atoms with Crippen LogP contribution in [-0.2, 0) is 0 Å². The van der Waals surface area contributed by atoms with Crippen molar-refractivity contribution in [1.29, 1.82) is 0 Å². The lowest BCUT2D eigenvalue weighted by atomic mass is 10.2. The van der Waals surface area contributed by atoms with E-state index in [-0.39, 0.29) is 1.43 Å². The molecule has 0 fully saturated rings. The average molecular weight is 152 g/mol. The Morgan fingerprint density at radius 2 is 2.11 bits per heavy atom. The van der Waals surface area contributed by atoms with Crippen molar-refractivity contribution in [2.75, 3.05) is 0 Å². The summed E-state index contributed by atoms with van der Waals surface area (Å²) in [6.45, 7) is 4.07. The van der Waals surface area contributed by atoms with E-state index in [9.17, 15) is 0 Å². The smallest absolute Gasteiger partial charge is 0.0435 e. The Bertz CT molecular complexity index is 229. The molecule has 1 aromatic rings. The van der Waals surface area contributed by atoms with E-state index in [2.05, 4.69) is 13.0 Å². The molecule has 0 radical (unpaired) electrons. The van der Waals surface area contributed by atoms with E-state index in [1.165, 1.54) is 5.56 Å². The van der Waals surface area contributed by atoms with Gasteiger partial charge in [-0.15, -0.1) is 0 Å². The fourth-order valence-corrected chi connectivity index (χ4v) is 0.912.